The molecule has 31 heavy (non-hydrogen) atoms. The Balaban J connectivity index is 1.78. The van der Waals surface area contributed by atoms with Crippen molar-refractivity contribution in [3.8, 4) is 11.5 Å². The summed E-state index contributed by atoms with van der Waals surface area (Å²) in [7, 11) is 0. The van der Waals surface area contributed by atoms with Gasteiger partial charge in [-0.2, -0.15) is 0 Å². The molecule has 0 aromatic heterocycles. The fourth-order valence-electron chi connectivity index (χ4n) is 2.32. The van der Waals surface area contributed by atoms with Gasteiger partial charge in [0.25, 0.3) is 0 Å². The molecule has 0 aliphatic heterocycles. The molecule has 0 unspecified atom stereocenters. The van der Waals surface area contributed by atoms with Gasteiger partial charge in [-0.3, -0.25) is 9.59 Å². The average molecular weight is 425 g/mol. The second-order valence-electron chi connectivity index (χ2n) is 7.50. The molecule has 7 nitrogen and oxygen atoms in total. The lowest BCUT2D eigenvalue weighted by atomic mass is 9.91. The molecule has 0 bridgehead atoms. The van der Waals surface area contributed by atoms with Crippen LogP contribution in [0.4, 0.5) is 4.79 Å². The van der Waals surface area contributed by atoms with Gasteiger partial charge in [-0.25, -0.2) is 4.79 Å². The van der Waals surface area contributed by atoms with Gasteiger partial charge in [0.2, 0.25) is 0 Å². The molecule has 0 saturated heterocycles. The van der Waals surface area contributed by atoms with E-state index in [1.165, 1.54) is 30.3 Å². The Labute approximate surface area is 181 Å². The Kier molecular flexibility index (Phi) is 8.37. The summed E-state index contributed by atoms with van der Waals surface area (Å²) < 4.78 is 10.3. The van der Waals surface area contributed by atoms with Gasteiger partial charge < -0.3 is 19.9 Å². The highest BCUT2D eigenvalue weighted by molar-refractivity contribution is 6.06. The molecule has 7 heteroatoms. The van der Waals surface area contributed by atoms with E-state index in [0.717, 1.165) is 5.56 Å². The first kappa shape index (κ1) is 23.7. The van der Waals surface area contributed by atoms with Crippen LogP contribution >= 0.6 is 0 Å². The van der Waals surface area contributed by atoms with Gasteiger partial charge in [-0.05, 0) is 68.3 Å². The Hall–Kier alpha value is -3.61. The first-order valence-corrected chi connectivity index (χ1v) is 9.95. The van der Waals surface area contributed by atoms with Crippen LogP contribution in [-0.2, 0) is 9.53 Å². The maximum absolute atomic E-state index is 12.2. The number of aromatic hydroxyl groups is 1. The molecular weight excluding hydrogens is 398 g/mol. The van der Waals surface area contributed by atoms with Crippen molar-refractivity contribution in [1.29, 1.82) is 0 Å². The van der Waals surface area contributed by atoms with Gasteiger partial charge in [0.15, 0.2) is 5.78 Å². The molecule has 0 radical (unpaired) electrons. The Morgan fingerprint density at radius 3 is 2.29 bits per heavy atom. The van der Waals surface area contributed by atoms with Gasteiger partial charge in [0.1, 0.15) is 18.1 Å². The number of benzene rings is 2. The fourth-order valence-corrected chi connectivity index (χ4v) is 2.32. The number of amides is 1. The maximum Gasteiger partial charge on any atom is 0.412 e. The van der Waals surface area contributed by atoms with E-state index < -0.39 is 11.5 Å². The molecule has 2 aromatic carbocycles. The van der Waals surface area contributed by atoms with E-state index in [1.807, 2.05) is 6.92 Å². The van der Waals surface area contributed by atoms with Crippen LogP contribution in [0, 0.1) is 5.41 Å². The molecule has 0 atom stereocenters. The summed E-state index contributed by atoms with van der Waals surface area (Å²) >= 11 is 0. The van der Waals surface area contributed by atoms with E-state index in [1.54, 1.807) is 44.2 Å². The van der Waals surface area contributed by atoms with Gasteiger partial charge in [-0.1, -0.05) is 25.1 Å². The molecule has 2 aromatic rings. The predicted molar refractivity (Wildman–Crippen MR) is 117 cm³/mol. The van der Waals surface area contributed by atoms with E-state index in [9.17, 15) is 19.5 Å². The van der Waals surface area contributed by atoms with Crippen LogP contribution in [-0.4, -0.2) is 36.1 Å². The lowest BCUT2D eigenvalue weighted by Gasteiger charge is -2.20. The minimum atomic E-state index is -0.683. The van der Waals surface area contributed by atoms with E-state index in [4.69, 9.17) is 9.47 Å². The number of ether oxygens (including phenoxy) is 2. The van der Waals surface area contributed by atoms with Gasteiger partial charge in [0, 0.05) is 5.56 Å². The standard InChI is InChI=1S/C24H27NO6/c1-4-24(2,3)22(28)30-16-15-25-23(29)31-20-12-8-18(9-13-20)21(27)14-7-17-5-10-19(26)11-6-17/h5-14,26H,4,15-16H2,1-3H3,(H,25,29)/b14-7+. The Morgan fingerprint density at radius 2 is 1.68 bits per heavy atom. The van der Waals surface area contributed by atoms with Gasteiger partial charge >= 0.3 is 12.1 Å². The molecule has 0 aliphatic carbocycles. The summed E-state index contributed by atoms with van der Waals surface area (Å²) in [5.74, 6) is -0.0870. The molecule has 0 fully saturated rings. The summed E-state index contributed by atoms with van der Waals surface area (Å²) in [6.07, 6.45) is 3.05. The minimum absolute atomic E-state index is 0.0537. The number of hydrogen-bond donors (Lipinski definition) is 2. The lowest BCUT2D eigenvalue weighted by Crippen LogP contribution is -2.33. The van der Waals surface area contributed by atoms with Crippen LogP contribution in [0.5, 0.6) is 11.5 Å². The van der Waals surface area contributed by atoms with E-state index in [0.29, 0.717) is 12.0 Å². The number of carbonyl (C=O) groups is 3. The van der Waals surface area contributed by atoms with E-state index >= 15 is 0 Å². The quantitative estimate of drug-likeness (QED) is 0.268. The number of rotatable bonds is 9. The fraction of sp³-hybridized carbons (Fsp3) is 0.292. The molecule has 2 rings (SSSR count). The molecule has 0 heterocycles. The third kappa shape index (κ3) is 7.62. The zero-order valence-corrected chi connectivity index (χ0v) is 17.9. The van der Waals surface area contributed by atoms with Crippen molar-refractivity contribution in [2.45, 2.75) is 27.2 Å². The Morgan fingerprint density at radius 1 is 1.03 bits per heavy atom. The normalized spacial score (nSPS) is 11.2. The van der Waals surface area contributed by atoms with Crippen LogP contribution < -0.4 is 10.1 Å². The van der Waals surface area contributed by atoms with E-state index in [-0.39, 0.29) is 36.4 Å². The van der Waals surface area contributed by atoms with Crippen LogP contribution in [0.1, 0.15) is 43.1 Å². The molecule has 0 aliphatic rings. The molecule has 0 spiro atoms. The summed E-state index contributed by atoms with van der Waals surface area (Å²) in [6, 6.07) is 12.6. The number of phenols is 1. The van der Waals surface area contributed by atoms with Gasteiger partial charge in [0.05, 0.1) is 12.0 Å². The van der Waals surface area contributed by atoms with Crippen molar-refractivity contribution < 1.29 is 29.0 Å². The van der Waals surface area contributed by atoms with E-state index in [2.05, 4.69) is 5.32 Å². The zero-order chi connectivity index (χ0) is 22.9. The van der Waals surface area contributed by atoms with Crippen LogP contribution in [0.3, 0.4) is 0 Å². The number of ketones is 1. The molecular formula is C24H27NO6. The SMILES string of the molecule is CCC(C)(C)C(=O)OCCNC(=O)Oc1ccc(C(=O)/C=C/c2ccc(O)cc2)cc1. The van der Waals surface area contributed by atoms with Crippen molar-refractivity contribution in [3.05, 3.63) is 65.7 Å². The zero-order valence-electron chi connectivity index (χ0n) is 17.9. The second kappa shape index (κ2) is 11.0. The highest BCUT2D eigenvalue weighted by Gasteiger charge is 2.26. The Bertz CT molecular complexity index is 930. The summed E-state index contributed by atoms with van der Waals surface area (Å²) in [4.78, 5) is 35.9. The number of hydrogen-bond acceptors (Lipinski definition) is 6. The summed E-state index contributed by atoms with van der Waals surface area (Å²) in [6.45, 7) is 5.69. The molecule has 0 saturated carbocycles. The van der Waals surface area contributed by atoms with Crippen molar-refractivity contribution in [1.82, 2.24) is 5.32 Å². The van der Waals surface area contributed by atoms with Crippen LogP contribution in [0.2, 0.25) is 0 Å². The number of allylic oxidation sites excluding steroid dienone is 1. The van der Waals surface area contributed by atoms with Crippen LogP contribution in [0.25, 0.3) is 6.08 Å². The van der Waals surface area contributed by atoms with Crippen LogP contribution in [0.15, 0.2) is 54.6 Å². The largest absolute Gasteiger partial charge is 0.508 e. The highest BCUT2D eigenvalue weighted by Crippen LogP contribution is 2.21. The second-order valence-corrected chi connectivity index (χ2v) is 7.50. The summed E-state index contributed by atoms with van der Waals surface area (Å²) in [5.41, 5.74) is 0.666. The molecule has 164 valence electrons. The van der Waals surface area contributed by atoms with Crippen molar-refractivity contribution >= 4 is 23.9 Å². The average Bonchev–Trinajstić information content (AvgIpc) is 2.76. The minimum Gasteiger partial charge on any atom is -0.508 e. The lowest BCUT2D eigenvalue weighted by molar-refractivity contribution is -0.153. The molecule has 1 amide bonds. The topological polar surface area (TPSA) is 102 Å². The van der Waals surface area contributed by atoms with Crippen molar-refractivity contribution in [2.24, 2.45) is 5.41 Å². The number of phenolic OH excluding ortho intramolecular Hbond substituents is 1. The van der Waals surface area contributed by atoms with Gasteiger partial charge in [-0.15, -0.1) is 0 Å². The molecule has 2 N–H and O–H groups in total. The third-order valence-corrected chi connectivity index (χ3v) is 4.71. The predicted octanol–water partition coefficient (Wildman–Crippen LogP) is 4.36. The first-order chi connectivity index (χ1) is 14.7. The highest BCUT2D eigenvalue weighted by atomic mass is 16.6. The third-order valence-electron chi connectivity index (χ3n) is 4.71. The first-order valence-electron chi connectivity index (χ1n) is 9.95. The van der Waals surface area contributed by atoms with Crippen molar-refractivity contribution in [2.75, 3.05) is 13.2 Å². The maximum atomic E-state index is 12.2. The smallest absolute Gasteiger partial charge is 0.412 e. The summed E-state index contributed by atoms with van der Waals surface area (Å²) in [5, 5.41) is 11.8. The van der Waals surface area contributed by atoms with Crippen molar-refractivity contribution in [3.63, 3.8) is 0 Å². The number of nitrogens with one attached hydrogen (secondary N) is 1. The monoisotopic (exact) mass is 425 g/mol. The number of carbonyl (C=O) groups excluding carboxylic acids is 3. The number of esters is 1.